The van der Waals surface area contributed by atoms with Gasteiger partial charge < -0.3 is 14.8 Å². The smallest absolute Gasteiger partial charge is 0.223 e. The molecule has 30 heavy (non-hydrogen) atoms. The van der Waals surface area contributed by atoms with Gasteiger partial charge in [0.1, 0.15) is 0 Å². The highest BCUT2D eigenvalue weighted by atomic mass is 16.2. The summed E-state index contributed by atoms with van der Waals surface area (Å²) in [6.07, 6.45) is 5.65. The van der Waals surface area contributed by atoms with Crippen molar-refractivity contribution in [2.24, 2.45) is 0 Å². The number of rotatable bonds is 7. The highest BCUT2D eigenvalue weighted by Crippen LogP contribution is 2.20. The second-order valence-corrected chi connectivity index (χ2v) is 7.96. The first-order valence-corrected chi connectivity index (χ1v) is 10.8. The molecule has 1 aliphatic rings. The van der Waals surface area contributed by atoms with E-state index in [9.17, 15) is 9.59 Å². The fraction of sp³-hybridized carbons (Fsp3) is 0.360. The Bertz CT molecular complexity index is 988. The van der Waals surface area contributed by atoms with Crippen LogP contribution in [0.5, 0.6) is 0 Å². The van der Waals surface area contributed by atoms with E-state index >= 15 is 0 Å². The summed E-state index contributed by atoms with van der Waals surface area (Å²) in [6.45, 7) is 2.57. The maximum Gasteiger partial charge on any atom is 0.223 e. The molecule has 4 rings (SSSR count). The number of hydrogen-bond acceptors (Lipinski definition) is 2. The molecule has 0 saturated carbocycles. The summed E-state index contributed by atoms with van der Waals surface area (Å²) < 4.78 is 0. The van der Waals surface area contributed by atoms with Crippen LogP contribution in [0.15, 0.2) is 60.8 Å². The number of piperazine rings is 1. The predicted molar refractivity (Wildman–Crippen MR) is 119 cm³/mol. The zero-order chi connectivity index (χ0) is 20.8. The van der Waals surface area contributed by atoms with E-state index < -0.39 is 0 Å². The Morgan fingerprint density at radius 2 is 1.40 bits per heavy atom. The van der Waals surface area contributed by atoms with Crippen molar-refractivity contribution in [1.29, 1.82) is 0 Å². The molecule has 1 aromatic heterocycles. The average molecular weight is 404 g/mol. The van der Waals surface area contributed by atoms with Crippen LogP contribution in [-0.2, 0) is 22.4 Å². The first kappa shape index (κ1) is 20.2. The van der Waals surface area contributed by atoms with Gasteiger partial charge in [0.2, 0.25) is 11.8 Å². The normalized spacial score (nSPS) is 14.3. The Hall–Kier alpha value is -3.08. The summed E-state index contributed by atoms with van der Waals surface area (Å²) in [5, 5.41) is 1.24. The zero-order valence-corrected chi connectivity index (χ0v) is 17.3. The van der Waals surface area contributed by atoms with Gasteiger partial charge in [-0.2, -0.15) is 0 Å². The number of fused-ring (bicyclic) bond motifs is 1. The molecule has 1 saturated heterocycles. The van der Waals surface area contributed by atoms with Crippen LogP contribution >= 0.6 is 0 Å². The van der Waals surface area contributed by atoms with Gasteiger partial charge in [0.25, 0.3) is 0 Å². The molecule has 1 fully saturated rings. The van der Waals surface area contributed by atoms with Crippen molar-refractivity contribution in [3.63, 3.8) is 0 Å². The molecule has 0 bridgehead atoms. The van der Waals surface area contributed by atoms with Crippen molar-refractivity contribution >= 4 is 22.7 Å². The molecule has 1 N–H and O–H groups in total. The van der Waals surface area contributed by atoms with E-state index in [0.717, 1.165) is 24.8 Å². The molecule has 0 atom stereocenters. The lowest BCUT2D eigenvalue weighted by molar-refractivity contribution is -0.139. The van der Waals surface area contributed by atoms with E-state index in [0.29, 0.717) is 39.0 Å². The van der Waals surface area contributed by atoms with Crippen LogP contribution in [0.3, 0.4) is 0 Å². The minimum absolute atomic E-state index is 0.185. The van der Waals surface area contributed by atoms with Crippen molar-refractivity contribution < 1.29 is 9.59 Å². The van der Waals surface area contributed by atoms with Crippen molar-refractivity contribution in [2.75, 3.05) is 26.2 Å². The minimum atomic E-state index is 0.185. The van der Waals surface area contributed by atoms with Crippen LogP contribution in [0, 0.1) is 0 Å². The summed E-state index contributed by atoms with van der Waals surface area (Å²) in [4.78, 5) is 32.2. The number of amides is 2. The molecule has 0 radical (unpaired) electrons. The van der Waals surface area contributed by atoms with Crippen molar-refractivity contribution in [3.8, 4) is 0 Å². The summed E-state index contributed by atoms with van der Waals surface area (Å²) in [7, 11) is 0. The summed E-state index contributed by atoms with van der Waals surface area (Å²) in [6, 6.07) is 18.4. The van der Waals surface area contributed by atoms with Crippen LogP contribution in [0.25, 0.3) is 10.9 Å². The Morgan fingerprint density at radius 1 is 0.767 bits per heavy atom. The Labute approximate surface area is 177 Å². The number of aromatic amines is 1. The Kier molecular flexibility index (Phi) is 6.47. The molecule has 3 aromatic rings. The number of carbonyl (C=O) groups is 2. The number of hydrogen-bond donors (Lipinski definition) is 1. The number of para-hydroxylation sites is 1. The molecule has 2 amide bonds. The standard InChI is InChI=1S/C25H29N3O2/c29-24(12-6-9-21-19-26-23-11-5-4-10-22(21)23)27-15-17-28(18-16-27)25(30)14-13-20-7-2-1-3-8-20/h1-5,7-8,10-11,19,26H,6,9,12-18H2. The Balaban J connectivity index is 1.18. The van der Waals surface area contributed by atoms with Crippen LogP contribution in [0.4, 0.5) is 0 Å². The molecular formula is C25H29N3O2. The summed E-state index contributed by atoms with van der Waals surface area (Å²) in [5.41, 5.74) is 3.61. The van der Waals surface area contributed by atoms with E-state index in [2.05, 4.69) is 35.4 Å². The highest BCUT2D eigenvalue weighted by Gasteiger charge is 2.23. The molecular weight excluding hydrogens is 374 g/mol. The van der Waals surface area contributed by atoms with Gasteiger partial charge in [-0.1, -0.05) is 48.5 Å². The van der Waals surface area contributed by atoms with E-state index in [1.807, 2.05) is 40.1 Å². The molecule has 2 aromatic carbocycles. The molecule has 5 heteroatoms. The number of nitrogens with one attached hydrogen (secondary N) is 1. The highest BCUT2D eigenvalue weighted by molar-refractivity contribution is 5.83. The molecule has 156 valence electrons. The summed E-state index contributed by atoms with van der Waals surface area (Å²) >= 11 is 0. The molecule has 5 nitrogen and oxygen atoms in total. The monoisotopic (exact) mass is 403 g/mol. The van der Waals surface area contributed by atoms with Gasteiger partial charge in [-0.3, -0.25) is 9.59 Å². The van der Waals surface area contributed by atoms with Crippen LogP contribution in [-0.4, -0.2) is 52.8 Å². The van der Waals surface area contributed by atoms with Gasteiger partial charge in [-0.05, 0) is 36.5 Å². The number of carbonyl (C=O) groups excluding carboxylic acids is 2. The second-order valence-electron chi connectivity index (χ2n) is 7.96. The lowest BCUT2D eigenvalue weighted by Crippen LogP contribution is -2.50. The van der Waals surface area contributed by atoms with Gasteiger partial charge in [0.05, 0.1) is 0 Å². The topological polar surface area (TPSA) is 56.4 Å². The van der Waals surface area contributed by atoms with Crippen LogP contribution in [0.2, 0.25) is 0 Å². The first-order chi connectivity index (χ1) is 14.7. The zero-order valence-electron chi connectivity index (χ0n) is 17.3. The molecule has 1 aliphatic heterocycles. The third-order valence-electron chi connectivity index (χ3n) is 5.97. The van der Waals surface area contributed by atoms with Gasteiger partial charge in [0.15, 0.2) is 0 Å². The third kappa shape index (κ3) is 4.90. The largest absolute Gasteiger partial charge is 0.361 e. The minimum Gasteiger partial charge on any atom is -0.361 e. The van der Waals surface area contributed by atoms with Crippen molar-refractivity contribution in [3.05, 3.63) is 71.9 Å². The van der Waals surface area contributed by atoms with Crippen LogP contribution < -0.4 is 0 Å². The van der Waals surface area contributed by atoms with Gasteiger partial charge in [-0.25, -0.2) is 0 Å². The number of aromatic nitrogens is 1. The predicted octanol–water partition coefficient (Wildman–Crippen LogP) is 3.79. The number of benzene rings is 2. The van der Waals surface area contributed by atoms with E-state index in [-0.39, 0.29) is 11.8 Å². The first-order valence-electron chi connectivity index (χ1n) is 10.8. The second kappa shape index (κ2) is 9.61. The number of nitrogens with zero attached hydrogens (tertiary/aromatic N) is 2. The van der Waals surface area contributed by atoms with E-state index in [4.69, 9.17) is 0 Å². The molecule has 2 heterocycles. The number of H-pyrrole nitrogens is 1. The maximum absolute atomic E-state index is 12.6. The molecule has 0 aliphatic carbocycles. The maximum atomic E-state index is 12.6. The lowest BCUT2D eigenvalue weighted by Gasteiger charge is -2.35. The Morgan fingerprint density at radius 3 is 2.13 bits per heavy atom. The van der Waals surface area contributed by atoms with Crippen LogP contribution in [0.1, 0.15) is 30.4 Å². The van der Waals surface area contributed by atoms with E-state index in [1.54, 1.807) is 0 Å². The van der Waals surface area contributed by atoms with Crippen molar-refractivity contribution in [2.45, 2.75) is 32.1 Å². The summed E-state index contributed by atoms with van der Waals surface area (Å²) in [5.74, 6) is 0.386. The molecule has 0 unspecified atom stereocenters. The average Bonchev–Trinajstić information content (AvgIpc) is 3.21. The third-order valence-corrected chi connectivity index (χ3v) is 5.97. The quantitative estimate of drug-likeness (QED) is 0.652. The fourth-order valence-electron chi connectivity index (χ4n) is 4.19. The van der Waals surface area contributed by atoms with Gasteiger partial charge in [-0.15, -0.1) is 0 Å². The molecule has 0 spiro atoms. The number of aryl methyl sites for hydroxylation is 2. The van der Waals surface area contributed by atoms with E-state index in [1.165, 1.54) is 16.5 Å². The van der Waals surface area contributed by atoms with Crippen molar-refractivity contribution in [1.82, 2.24) is 14.8 Å². The SMILES string of the molecule is O=C(CCCc1c[nH]c2ccccc12)N1CCN(C(=O)CCc2ccccc2)CC1. The fourth-order valence-corrected chi connectivity index (χ4v) is 4.19. The van der Waals surface area contributed by atoms with Gasteiger partial charge in [0, 0.05) is 56.1 Å². The lowest BCUT2D eigenvalue weighted by atomic mass is 10.1. The van der Waals surface area contributed by atoms with Gasteiger partial charge >= 0.3 is 0 Å².